The van der Waals surface area contributed by atoms with Gasteiger partial charge in [-0.25, -0.2) is 0 Å². The Labute approximate surface area is 109 Å². The molecule has 0 bridgehead atoms. The number of carbonyl (C=O) groups is 1. The topological polar surface area (TPSA) is 55.6 Å². The van der Waals surface area contributed by atoms with Crippen LogP contribution in [0.15, 0.2) is 24.3 Å². The first-order chi connectivity index (χ1) is 8.28. The summed E-state index contributed by atoms with van der Waals surface area (Å²) >= 11 is 0. The van der Waals surface area contributed by atoms with E-state index in [9.17, 15) is 4.79 Å². The number of nitrogen functional groups attached to an aromatic ring is 1. The maximum Gasteiger partial charge on any atom is 0.308 e. The van der Waals surface area contributed by atoms with Crippen molar-refractivity contribution in [2.24, 2.45) is 0 Å². The summed E-state index contributed by atoms with van der Waals surface area (Å²) in [4.78, 5) is 13.6. The minimum absolute atomic E-state index is 0.176. The maximum absolute atomic E-state index is 11.6. The van der Waals surface area contributed by atoms with Crippen molar-refractivity contribution in [3.8, 4) is 0 Å². The molecule has 0 radical (unpaired) electrons. The second kappa shape index (κ2) is 5.76. The predicted octanol–water partition coefficient (Wildman–Crippen LogP) is 2.44. The van der Waals surface area contributed by atoms with Crippen molar-refractivity contribution in [3.63, 3.8) is 0 Å². The quantitative estimate of drug-likeness (QED) is 0.658. The van der Waals surface area contributed by atoms with Gasteiger partial charge in [-0.2, -0.15) is 0 Å². The third kappa shape index (κ3) is 5.08. The zero-order valence-corrected chi connectivity index (χ0v) is 11.6. The first-order valence-corrected chi connectivity index (χ1v) is 6.06. The lowest BCUT2D eigenvalue weighted by molar-refractivity contribution is -0.154. The second-order valence-electron chi connectivity index (χ2n) is 5.35. The second-order valence-corrected chi connectivity index (χ2v) is 5.35. The molecule has 0 aliphatic rings. The average Bonchev–Trinajstić information content (AvgIpc) is 2.24. The summed E-state index contributed by atoms with van der Waals surface area (Å²) in [5, 5.41) is 0. The molecular formula is C14H22N2O2. The monoisotopic (exact) mass is 250 g/mol. The highest BCUT2D eigenvalue weighted by Crippen LogP contribution is 2.15. The fourth-order valence-electron chi connectivity index (χ4n) is 1.51. The molecule has 1 aromatic rings. The van der Waals surface area contributed by atoms with E-state index in [1.54, 1.807) is 0 Å². The molecule has 0 amide bonds. The molecule has 0 spiro atoms. The van der Waals surface area contributed by atoms with Crippen molar-refractivity contribution in [2.45, 2.75) is 32.8 Å². The zero-order valence-electron chi connectivity index (χ0n) is 11.6. The average molecular weight is 250 g/mol. The van der Waals surface area contributed by atoms with E-state index in [0.29, 0.717) is 13.0 Å². The van der Waals surface area contributed by atoms with E-state index in [1.165, 1.54) is 0 Å². The summed E-state index contributed by atoms with van der Waals surface area (Å²) in [5.41, 5.74) is 6.98. The summed E-state index contributed by atoms with van der Waals surface area (Å²) in [5.74, 6) is -0.176. The number of nitrogens with two attached hydrogens (primary N) is 1. The SMILES string of the molecule is CN(CCC(=O)OC(C)(C)C)c1ccc(N)cc1. The van der Waals surface area contributed by atoms with Crippen molar-refractivity contribution in [3.05, 3.63) is 24.3 Å². The molecule has 0 aliphatic heterocycles. The van der Waals surface area contributed by atoms with Crippen LogP contribution in [0.5, 0.6) is 0 Å². The summed E-state index contributed by atoms with van der Waals surface area (Å²) in [6.07, 6.45) is 0.373. The molecule has 0 fully saturated rings. The summed E-state index contributed by atoms with van der Waals surface area (Å²) in [6, 6.07) is 7.56. The van der Waals surface area contributed by atoms with Gasteiger partial charge in [-0.1, -0.05) is 0 Å². The van der Waals surface area contributed by atoms with Gasteiger partial charge in [-0.3, -0.25) is 4.79 Å². The fraction of sp³-hybridized carbons (Fsp3) is 0.500. The Hall–Kier alpha value is -1.71. The fourth-order valence-corrected chi connectivity index (χ4v) is 1.51. The molecule has 2 N–H and O–H groups in total. The van der Waals surface area contributed by atoms with E-state index >= 15 is 0 Å². The van der Waals surface area contributed by atoms with Gasteiger partial charge in [-0.05, 0) is 45.0 Å². The summed E-state index contributed by atoms with van der Waals surface area (Å²) < 4.78 is 5.26. The van der Waals surface area contributed by atoms with E-state index in [-0.39, 0.29) is 5.97 Å². The van der Waals surface area contributed by atoms with Crippen LogP contribution in [0.4, 0.5) is 11.4 Å². The van der Waals surface area contributed by atoms with E-state index < -0.39 is 5.60 Å². The van der Waals surface area contributed by atoms with E-state index in [0.717, 1.165) is 11.4 Å². The molecule has 4 heteroatoms. The minimum atomic E-state index is -0.420. The van der Waals surface area contributed by atoms with Crippen LogP contribution < -0.4 is 10.6 Å². The molecule has 0 saturated carbocycles. The minimum Gasteiger partial charge on any atom is -0.460 e. The highest BCUT2D eigenvalue weighted by Gasteiger charge is 2.16. The van der Waals surface area contributed by atoms with Crippen LogP contribution in [0.3, 0.4) is 0 Å². The summed E-state index contributed by atoms with van der Waals surface area (Å²) in [7, 11) is 1.94. The molecule has 1 aromatic carbocycles. The van der Waals surface area contributed by atoms with Gasteiger partial charge in [0.2, 0.25) is 0 Å². The number of esters is 1. The number of rotatable bonds is 4. The van der Waals surface area contributed by atoms with Gasteiger partial charge in [-0.15, -0.1) is 0 Å². The zero-order chi connectivity index (χ0) is 13.8. The lowest BCUT2D eigenvalue weighted by atomic mass is 10.2. The molecule has 100 valence electrons. The molecule has 0 saturated heterocycles. The van der Waals surface area contributed by atoms with Crippen LogP contribution in [-0.4, -0.2) is 25.2 Å². The molecule has 0 aromatic heterocycles. The van der Waals surface area contributed by atoms with E-state index in [1.807, 2.05) is 57.0 Å². The molecular weight excluding hydrogens is 228 g/mol. The van der Waals surface area contributed by atoms with Gasteiger partial charge in [0.25, 0.3) is 0 Å². The summed E-state index contributed by atoms with van der Waals surface area (Å²) in [6.45, 7) is 6.23. The van der Waals surface area contributed by atoms with Crippen LogP contribution in [0.2, 0.25) is 0 Å². The predicted molar refractivity (Wildman–Crippen MR) is 74.6 cm³/mol. The van der Waals surface area contributed by atoms with Crippen molar-refractivity contribution in [2.75, 3.05) is 24.2 Å². The Morgan fingerprint density at radius 1 is 1.28 bits per heavy atom. The van der Waals surface area contributed by atoms with Crippen LogP contribution in [0.25, 0.3) is 0 Å². The normalized spacial score (nSPS) is 11.1. The van der Waals surface area contributed by atoms with Crippen LogP contribution >= 0.6 is 0 Å². The van der Waals surface area contributed by atoms with Gasteiger partial charge in [0, 0.05) is 25.0 Å². The molecule has 0 unspecified atom stereocenters. The number of nitrogens with zero attached hydrogens (tertiary/aromatic N) is 1. The van der Waals surface area contributed by atoms with Crippen molar-refractivity contribution >= 4 is 17.3 Å². The maximum atomic E-state index is 11.6. The lowest BCUT2D eigenvalue weighted by Crippen LogP contribution is -2.27. The van der Waals surface area contributed by atoms with Gasteiger partial charge in [0.1, 0.15) is 5.60 Å². The van der Waals surface area contributed by atoms with Gasteiger partial charge < -0.3 is 15.4 Å². The number of ether oxygens (including phenoxy) is 1. The number of hydrogen-bond acceptors (Lipinski definition) is 4. The molecule has 1 rings (SSSR count). The highest BCUT2D eigenvalue weighted by atomic mass is 16.6. The van der Waals surface area contributed by atoms with Gasteiger partial charge >= 0.3 is 5.97 Å². The van der Waals surface area contributed by atoms with Crippen molar-refractivity contribution in [1.82, 2.24) is 0 Å². The number of hydrogen-bond donors (Lipinski definition) is 1. The van der Waals surface area contributed by atoms with Crippen molar-refractivity contribution in [1.29, 1.82) is 0 Å². The molecule has 18 heavy (non-hydrogen) atoms. The third-order valence-electron chi connectivity index (χ3n) is 2.41. The first kappa shape index (κ1) is 14.4. The van der Waals surface area contributed by atoms with Crippen LogP contribution in [-0.2, 0) is 9.53 Å². The Balaban J connectivity index is 2.44. The van der Waals surface area contributed by atoms with Crippen LogP contribution in [0, 0.1) is 0 Å². The standard InChI is InChI=1S/C14H22N2O2/c1-14(2,3)18-13(17)9-10-16(4)12-7-5-11(15)6-8-12/h5-8H,9-10,15H2,1-4H3. The largest absolute Gasteiger partial charge is 0.460 e. The smallest absolute Gasteiger partial charge is 0.308 e. The molecule has 4 nitrogen and oxygen atoms in total. The van der Waals surface area contributed by atoms with Crippen LogP contribution in [0.1, 0.15) is 27.2 Å². The van der Waals surface area contributed by atoms with Gasteiger partial charge in [0.15, 0.2) is 0 Å². The van der Waals surface area contributed by atoms with Crippen molar-refractivity contribution < 1.29 is 9.53 Å². The Morgan fingerprint density at radius 2 is 1.83 bits per heavy atom. The number of anilines is 2. The Kier molecular flexibility index (Phi) is 4.59. The molecule has 0 atom stereocenters. The Morgan fingerprint density at radius 3 is 2.33 bits per heavy atom. The Bertz CT molecular complexity index is 393. The van der Waals surface area contributed by atoms with Gasteiger partial charge in [0.05, 0.1) is 6.42 Å². The number of carbonyl (C=O) groups excluding carboxylic acids is 1. The lowest BCUT2D eigenvalue weighted by Gasteiger charge is -2.22. The number of benzene rings is 1. The molecule has 0 aliphatic carbocycles. The van der Waals surface area contributed by atoms with E-state index in [4.69, 9.17) is 10.5 Å². The third-order valence-corrected chi connectivity index (χ3v) is 2.41. The first-order valence-electron chi connectivity index (χ1n) is 6.06. The molecule has 0 heterocycles. The highest BCUT2D eigenvalue weighted by molar-refractivity contribution is 5.70. The van der Waals surface area contributed by atoms with E-state index in [2.05, 4.69) is 0 Å².